The van der Waals surface area contributed by atoms with Gasteiger partial charge in [0.25, 0.3) is 0 Å². The minimum Gasteiger partial charge on any atom is -0.384 e. The van der Waals surface area contributed by atoms with Gasteiger partial charge in [0.1, 0.15) is 0 Å². The molecule has 1 amide bonds. The summed E-state index contributed by atoms with van der Waals surface area (Å²) in [5, 5.41) is 6.12. The Labute approximate surface area is 140 Å². The first-order chi connectivity index (χ1) is 10.2. The van der Waals surface area contributed by atoms with Crippen molar-refractivity contribution in [1.29, 1.82) is 0 Å². The van der Waals surface area contributed by atoms with Crippen LogP contribution in [0.2, 0.25) is 0 Å². The summed E-state index contributed by atoms with van der Waals surface area (Å²) < 4.78 is 16.8. The van der Waals surface area contributed by atoms with Gasteiger partial charge in [0, 0.05) is 41.6 Å². The van der Waals surface area contributed by atoms with Crippen LogP contribution in [0.4, 0.5) is 5.69 Å². The molecule has 5 nitrogen and oxygen atoms in total. The molecule has 2 unspecified atom stereocenters. The predicted molar refractivity (Wildman–Crippen MR) is 91.9 cm³/mol. The SMILES string of the molecule is COCCS(=O)Cc1cccc(NC(=O)C2CCNC2)c1.Cl. The van der Waals surface area contributed by atoms with Gasteiger partial charge in [-0.05, 0) is 30.7 Å². The Bertz CT molecular complexity index is 507. The number of carbonyl (C=O) groups is 1. The Kier molecular flexibility index (Phi) is 8.63. The molecule has 1 aliphatic rings. The number of benzene rings is 1. The number of nitrogens with one attached hydrogen (secondary N) is 2. The average molecular weight is 347 g/mol. The van der Waals surface area contributed by atoms with Crippen LogP contribution in [0.15, 0.2) is 24.3 Å². The predicted octanol–water partition coefficient (Wildman–Crippen LogP) is 1.55. The first kappa shape index (κ1) is 19.1. The smallest absolute Gasteiger partial charge is 0.228 e. The number of ether oxygens (including phenoxy) is 1. The Morgan fingerprint density at radius 1 is 1.50 bits per heavy atom. The summed E-state index contributed by atoms with van der Waals surface area (Å²) in [6.07, 6.45) is 0.882. The topological polar surface area (TPSA) is 67.4 Å². The molecule has 1 saturated heterocycles. The molecule has 2 rings (SSSR count). The monoisotopic (exact) mass is 346 g/mol. The van der Waals surface area contributed by atoms with Crippen molar-refractivity contribution in [3.8, 4) is 0 Å². The van der Waals surface area contributed by atoms with Crippen LogP contribution in [-0.2, 0) is 26.1 Å². The van der Waals surface area contributed by atoms with Crippen LogP contribution in [0.3, 0.4) is 0 Å². The third-order valence-electron chi connectivity index (χ3n) is 3.47. The lowest BCUT2D eigenvalue weighted by Crippen LogP contribution is -2.24. The van der Waals surface area contributed by atoms with Crippen LogP contribution in [0.25, 0.3) is 0 Å². The Hall–Kier alpha value is -0.950. The second kappa shape index (κ2) is 9.94. The van der Waals surface area contributed by atoms with Crippen molar-refractivity contribution in [2.24, 2.45) is 5.92 Å². The van der Waals surface area contributed by atoms with E-state index in [9.17, 15) is 9.00 Å². The average Bonchev–Trinajstić information content (AvgIpc) is 3.00. The zero-order chi connectivity index (χ0) is 15.1. The van der Waals surface area contributed by atoms with Gasteiger partial charge in [0.05, 0.1) is 12.5 Å². The van der Waals surface area contributed by atoms with E-state index in [1.54, 1.807) is 7.11 Å². The number of rotatable bonds is 7. The lowest BCUT2D eigenvalue weighted by Gasteiger charge is -2.11. The molecule has 2 atom stereocenters. The second-order valence-electron chi connectivity index (χ2n) is 5.16. The van der Waals surface area contributed by atoms with Gasteiger partial charge in [0.2, 0.25) is 5.91 Å². The number of anilines is 1. The Morgan fingerprint density at radius 3 is 3.00 bits per heavy atom. The van der Waals surface area contributed by atoms with Gasteiger partial charge in [-0.2, -0.15) is 0 Å². The van der Waals surface area contributed by atoms with Crippen molar-refractivity contribution < 1.29 is 13.7 Å². The molecule has 1 aliphatic heterocycles. The normalized spacial score (nSPS) is 18.5. The summed E-state index contributed by atoms with van der Waals surface area (Å²) in [4.78, 5) is 12.1. The van der Waals surface area contributed by atoms with Crippen molar-refractivity contribution in [1.82, 2.24) is 5.32 Å². The lowest BCUT2D eigenvalue weighted by atomic mass is 10.1. The Morgan fingerprint density at radius 2 is 2.32 bits per heavy atom. The van der Waals surface area contributed by atoms with Crippen LogP contribution < -0.4 is 10.6 Å². The molecule has 0 bridgehead atoms. The molecule has 0 radical (unpaired) electrons. The molecule has 22 heavy (non-hydrogen) atoms. The van der Waals surface area contributed by atoms with Crippen LogP contribution in [-0.4, -0.2) is 42.7 Å². The minimum absolute atomic E-state index is 0. The van der Waals surface area contributed by atoms with Crippen LogP contribution in [0.1, 0.15) is 12.0 Å². The number of carbonyl (C=O) groups excluding carboxylic acids is 1. The minimum atomic E-state index is -0.942. The second-order valence-corrected chi connectivity index (χ2v) is 6.74. The fourth-order valence-electron chi connectivity index (χ4n) is 2.30. The van der Waals surface area contributed by atoms with Crippen LogP contribution >= 0.6 is 12.4 Å². The molecule has 1 aromatic rings. The van der Waals surface area contributed by atoms with Gasteiger partial charge in [-0.1, -0.05) is 12.1 Å². The zero-order valence-corrected chi connectivity index (χ0v) is 14.3. The van der Waals surface area contributed by atoms with E-state index in [1.165, 1.54) is 0 Å². The van der Waals surface area contributed by atoms with E-state index in [0.717, 1.165) is 30.8 Å². The van der Waals surface area contributed by atoms with E-state index in [1.807, 2.05) is 24.3 Å². The van der Waals surface area contributed by atoms with Crippen LogP contribution in [0, 0.1) is 5.92 Å². The number of halogens is 1. The molecule has 0 spiro atoms. The molecule has 0 saturated carbocycles. The molecule has 0 aromatic heterocycles. The lowest BCUT2D eigenvalue weighted by molar-refractivity contribution is -0.119. The largest absolute Gasteiger partial charge is 0.384 e. The first-order valence-electron chi connectivity index (χ1n) is 7.13. The summed E-state index contributed by atoms with van der Waals surface area (Å²) in [6.45, 7) is 2.14. The third kappa shape index (κ3) is 6.04. The quantitative estimate of drug-likeness (QED) is 0.786. The highest BCUT2D eigenvalue weighted by atomic mass is 35.5. The van der Waals surface area contributed by atoms with Gasteiger partial charge < -0.3 is 15.4 Å². The molecule has 1 fully saturated rings. The highest BCUT2D eigenvalue weighted by Crippen LogP contribution is 2.15. The maximum atomic E-state index is 12.1. The zero-order valence-electron chi connectivity index (χ0n) is 12.7. The van der Waals surface area contributed by atoms with E-state index < -0.39 is 10.8 Å². The standard InChI is InChI=1S/C15H22N2O3S.ClH/c1-20-7-8-21(19)11-12-3-2-4-14(9-12)17-15(18)13-5-6-16-10-13;/h2-4,9,13,16H,5-8,10-11H2,1H3,(H,17,18);1H. The summed E-state index contributed by atoms with van der Waals surface area (Å²) >= 11 is 0. The van der Waals surface area contributed by atoms with Crippen molar-refractivity contribution in [2.45, 2.75) is 12.2 Å². The molecule has 7 heteroatoms. The summed E-state index contributed by atoms with van der Waals surface area (Å²) in [5.74, 6) is 1.11. The molecule has 124 valence electrons. The molecular formula is C15H23ClN2O3S. The van der Waals surface area contributed by atoms with Gasteiger partial charge in [-0.3, -0.25) is 9.00 Å². The summed E-state index contributed by atoms with van der Waals surface area (Å²) in [7, 11) is 0.661. The number of methoxy groups -OCH3 is 1. The fourth-order valence-corrected chi connectivity index (χ4v) is 3.34. The van der Waals surface area contributed by atoms with Crippen molar-refractivity contribution in [2.75, 3.05) is 37.9 Å². The molecular weight excluding hydrogens is 324 g/mol. The van der Waals surface area contributed by atoms with E-state index in [4.69, 9.17) is 4.74 Å². The molecule has 2 N–H and O–H groups in total. The van der Waals surface area contributed by atoms with Gasteiger partial charge in [-0.15, -0.1) is 12.4 Å². The molecule has 1 aromatic carbocycles. The highest BCUT2D eigenvalue weighted by Gasteiger charge is 2.22. The molecule has 0 aliphatic carbocycles. The van der Waals surface area contributed by atoms with E-state index >= 15 is 0 Å². The maximum absolute atomic E-state index is 12.1. The van der Waals surface area contributed by atoms with Crippen molar-refractivity contribution >= 4 is 34.8 Å². The van der Waals surface area contributed by atoms with Gasteiger partial charge in [-0.25, -0.2) is 0 Å². The van der Waals surface area contributed by atoms with Crippen LogP contribution in [0.5, 0.6) is 0 Å². The number of hydrogen-bond donors (Lipinski definition) is 2. The van der Waals surface area contributed by atoms with E-state index in [2.05, 4.69) is 10.6 Å². The maximum Gasteiger partial charge on any atom is 0.228 e. The number of hydrogen-bond acceptors (Lipinski definition) is 4. The molecule has 1 heterocycles. The Balaban J connectivity index is 0.00000242. The fraction of sp³-hybridized carbons (Fsp3) is 0.533. The van der Waals surface area contributed by atoms with Gasteiger partial charge in [0.15, 0.2) is 0 Å². The summed E-state index contributed by atoms with van der Waals surface area (Å²) in [6, 6.07) is 7.57. The third-order valence-corrected chi connectivity index (χ3v) is 4.75. The van der Waals surface area contributed by atoms with E-state index in [-0.39, 0.29) is 24.2 Å². The van der Waals surface area contributed by atoms with Crippen molar-refractivity contribution in [3.63, 3.8) is 0 Å². The summed E-state index contributed by atoms with van der Waals surface area (Å²) in [5.41, 5.74) is 1.74. The van der Waals surface area contributed by atoms with Gasteiger partial charge >= 0.3 is 0 Å². The first-order valence-corrected chi connectivity index (χ1v) is 8.62. The van der Waals surface area contributed by atoms with E-state index in [0.29, 0.717) is 18.1 Å². The van der Waals surface area contributed by atoms with Crippen molar-refractivity contribution in [3.05, 3.63) is 29.8 Å². The number of amides is 1. The highest BCUT2D eigenvalue weighted by molar-refractivity contribution is 7.84.